The Morgan fingerprint density at radius 3 is 2.47 bits per heavy atom. The molecule has 0 bridgehead atoms. The van der Waals surface area contributed by atoms with Crippen molar-refractivity contribution in [2.75, 3.05) is 41.0 Å². The number of nitrogens with one attached hydrogen (secondary N) is 1. The molecule has 4 rings (SSSR count). The van der Waals surface area contributed by atoms with Gasteiger partial charge in [0, 0.05) is 30.6 Å². The molecule has 3 aromatic rings. The highest BCUT2D eigenvalue weighted by Crippen LogP contribution is 2.38. The highest BCUT2D eigenvalue weighted by Gasteiger charge is 2.22. The van der Waals surface area contributed by atoms with Gasteiger partial charge in [-0.2, -0.15) is 0 Å². The first-order valence-corrected chi connectivity index (χ1v) is 9.81. The van der Waals surface area contributed by atoms with Crippen molar-refractivity contribution >= 4 is 16.8 Å². The molecular formula is C23H25N3O4. The van der Waals surface area contributed by atoms with Gasteiger partial charge in [-0.05, 0) is 35.9 Å². The van der Waals surface area contributed by atoms with Gasteiger partial charge in [-0.25, -0.2) is 4.98 Å². The van der Waals surface area contributed by atoms with E-state index in [1.54, 1.807) is 21.3 Å². The Labute approximate surface area is 175 Å². The van der Waals surface area contributed by atoms with Crippen LogP contribution in [0.1, 0.15) is 5.56 Å². The van der Waals surface area contributed by atoms with Gasteiger partial charge in [-0.3, -0.25) is 9.69 Å². The van der Waals surface area contributed by atoms with Crippen LogP contribution >= 0.6 is 0 Å². The first-order chi connectivity index (χ1) is 14.6. The molecule has 30 heavy (non-hydrogen) atoms. The average Bonchev–Trinajstić information content (AvgIpc) is 2.78. The van der Waals surface area contributed by atoms with Crippen LogP contribution in [0.3, 0.4) is 0 Å². The monoisotopic (exact) mass is 407 g/mol. The third-order valence-corrected chi connectivity index (χ3v) is 5.30. The Kier molecular flexibility index (Phi) is 5.72. The van der Waals surface area contributed by atoms with Gasteiger partial charge in [0.1, 0.15) is 22.8 Å². The summed E-state index contributed by atoms with van der Waals surface area (Å²) in [4.78, 5) is 19.0. The number of amides is 1. The SMILES string of the molecule is COc1ccccc1-c1nc2c(OC)ccc(OC)c2cc1CN1CCNC(=O)C1. The molecule has 156 valence electrons. The predicted molar refractivity (Wildman–Crippen MR) is 115 cm³/mol. The molecule has 1 fully saturated rings. The number of pyridine rings is 1. The lowest BCUT2D eigenvalue weighted by molar-refractivity contribution is -0.124. The molecule has 0 aliphatic carbocycles. The number of para-hydroxylation sites is 1. The fourth-order valence-corrected chi connectivity index (χ4v) is 3.85. The summed E-state index contributed by atoms with van der Waals surface area (Å²) in [6, 6.07) is 13.6. The lowest BCUT2D eigenvalue weighted by Crippen LogP contribution is -2.47. The topological polar surface area (TPSA) is 72.9 Å². The van der Waals surface area contributed by atoms with Gasteiger partial charge in [0.25, 0.3) is 0 Å². The van der Waals surface area contributed by atoms with Gasteiger partial charge < -0.3 is 19.5 Å². The summed E-state index contributed by atoms with van der Waals surface area (Å²) in [5, 5.41) is 3.74. The molecule has 0 spiro atoms. The molecular weight excluding hydrogens is 382 g/mol. The van der Waals surface area contributed by atoms with Gasteiger partial charge >= 0.3 is 0 Å². The van der Waals surface area contributed by atoms with Crippen LogP contribution in [0.15, 0.2) is 42.5 Å². The summed E-state index contributed by atoms with van der Waals surface area (Å²) in [7, 11) is 4.92. The molecule has 7 nitrogen and oxygen atoms in total. The highest BCUT2D eigenvalue weighted by molar-refractivity contribution is 5.93. The molecule has 2 aromatic carbocycles. The standard InChI is InChI=1S/C23H25N3O4/c1-28-18-7-5-4-6-16(18)22-15(13-26-11-10-24-21(27)14-26)12-17-19(29-2)8-9-20(30-3)23(17)25-22/h4-9,12H,10-11,13-14H2,1-3H3,(H,24,27). The van der Waals surface area contributed by atoms with Gasteiger partial charge in [-0.15, -0.1) is 0 Å². The minimum absolute atomic E-state index is 0.0353. The quantitative estimate of drug-likeness (QED) is 0.678. The third-order valence-electron chi connectivity index (χ3n) is 5.30. The maximum absolute atomic E-state index is 11.9. The van der Waals surface area contributed by atoms with Crippen molar-refractivity contribution < 1.29 is 19.0 Å². The second-order valence-corrected chi connectivity index (χ2v) is 7.12. The number of aromatic nitrogens is 1. The van der Waals surface area contributed by atoms with Crippen LogP contribution in [0.25, 0.3) is 22.2 Å². The number of carbonyl (C=O) groups is 1. The van der Waals surface area contributed by atoms with Crippen molar-refractivity contribution in [3.05, 3.63) is 48.0 Å². The number of hydrogen-bond donors (Lipinski definition) is 1. The van der Waals surface area contributed by atoms with Crippen molar-refractivity contribution in [3.8, 4) is 28.5 Å². The third kappa shape index (κ3) is 3.76. The first kappa shape index (κ1) is 20.0. The van der Waals surface area contributed by atoms with E-state index in [0.717, 1.165) is 45.8 Å². The maximum Gasteiger partial charge on any atom is 0.234 e. The minimum atomic E-state index is 0.0353. The fourth-order valence-electron chi connectivity index (χ4n) is 3.85. The molecule has 0 unspecified atom stereocenters. The second kappa shape index (κ2) is 8.59. The van der Waals surface area contributed by atoms with Crippen LogP contribution in [-0.4, -0.2) is 56.8 Å². The van der Waals surface area contributed by atoms with E-state index in [1.807, 2.05) is 36.4 Å². The normalized spacial score (nSPS) is 14.4. The van der Waals surface area contributed by atoms with E-state index in [0.29, 0.717) is 25.4 Å². The van der Waals surface area contributed by atoms with Crippen LogP contribution in [0.5, 0.6) is 17.2 Å². The van der Waals surface area contributed by atoms with Crippen molar-refractivity contribution in [3.63, 3.8) is 0 Å². The Balaban J connectivity index is 1.93. The first-order valence-electron chi connectivity index (χ1n) is 9.81. The zero-order valence-electron chi connectivity index (χ0n) is 17.4. The van der Waals surface area contributed by atoms with Gasteiger partial charge in [0.2, 0.25) is 5.91 Å². The number of fused-ring (bicyclic) bond motifs is 1. The molecule has 0 radical (unpaired) electrons. The number of ether oxygens (including phenoxy) is 3. The van der Waals surface area contributed by atoms with E-state index in [2.05, 4.69) is 16.3 Å². The summed E-state index contributed by atoms with van der Waals surface area (Å²) in [6.45, 7) is 2.37. The molecule has 2 heterocycles. The Morgan fingerprint density at radius 1 is 1.00 bits per heavy atom. The smallest absolute Gasteiger partial charge is 0.234 e. The number of rotatable bonds is 6. The number of methoxy groups -OCH3 is 3. The summed E-state index contributed by atoms with van der Waals surface area (Å²) in [5.41, 5.74) is 3.41. The van der Waals surface area contributed by atoms with Crippen LogP contribution in [-0.2, 0) is 11.3 Å². The van der Waals surface area contributed by atoms with Crippen LogP contribution in [0.4, 0.5) is 0 Å². The molecule has 1 aromatic heterocycles. The Morgan fingerprint density at radius 2 is 1.73 bits per heavy atom. The predicted octanol–water partition coefficient (Wildman–Crippen LogP) is 2.86. The van der Waals surface area contributed by atoms with E-state index in [4.69, 9.17) is 19.2 Å². The van der Waals surface area contributed by atoms with Crippen molar-refractivity contribution in [2.24, 2.45) is 0 Å². The van der Waals surface area contributed by atoms with E-state index in [9.17, 15) is 4.79 Å². The average molecular weight is 407 g/mol. The Hall–Kier alpha value is -3.32. The van der Waals surface area contributed by atoms with Crippen molar-refractivity contribution in [1.82, 2.24) is 15.2 Å². The van der Waals surface area contributed by atoms with Crippen molar-refractivity contribution in [1.29, 1.82) is 0 Å². The summed E-state index contributed by atoms with van der Waals surface area (Å²) in [5.74, 6) is 2.17. The van der Waals surface area contributed by atoms with Crippen LogP contribution in [0, 0.1) is 0 Å². The van der Waals surface area contributed by atoms with E-state index in [1.165, 1.54) is 0 Å². The van der Waals surface area contributed by atoms with Gasteiger partial charge in [0.15, 0.2) is 0 Å². The number of carbonyl (C=O) groups excluding carboxylic acids is 1. The largest absolute Gasteiger partial charge is 0.496 e. The van der Waals surface area contributed by atoms with Gasteiger partial charge in [-0.1, -0.05) is 12.1 Å². The summed E-state index contributed by atoms with van der Waals surface area (Å²) >= 11 is 0. The number of benzene rings is 2. The maximum atomic E-state index is 11.9. The van der Waals surface area contributed by atoms with E-state index in [-0.39, 0.29) is 5.91 Å². The molecule has 7 heteroatoms. The number of hydrogen-bond acceptors (Lipinski definition) is 6. The zero-order valence-corrected chi connectivity index (χ0v) is 17.4. The molecule has 1 aliphatic rings. The molecule has 1 saturated heterocycles. The molecule has 1 aliphatic heterocycles. The second-order valence-electron chi connectivity index (χ2n) is 7.12. The molecule has 1 amide bonds. The van der Waals surface area contributed by atoms with E-state index < -0.39 is 0 Å². The minimum Gasteiger partial charge on any atom is -0.496 e. The van der Waals surface area contributed by atoms with Crippen molar-refractivity contribution in [2.45, 2.75) is 6.54 Å². The summed E-state index contributed by atoms with van der Waals surface area (Å²) in [6.07, 6.45) is 0. The number of nitrogens with zero attached hydrogens (tertiary/aromatic N) is 2. The Bertz CT molecular complexity index is 1080. The van der Waals surface area contributed by atoms with E-state index >= 15 is 0 Å². The van der Waals surface area contributed by atoms with Crippen LogP contribution in [0.2, 0.25) is 0 Å². The molecule has 1 N–H and O–H groups in total. The number of piperazine rings is 1. The zero-order chi connectivity index (χ0) is 21.1. The summed E-state index contributed by atoms with van der Waals surface area (Å²) < 4.78 is 16.7. The van der Waals surface area contributed by atoms with Gasteiger partial charge in [0.05, 0.1) is 33.6 Å². The molecule has 0 atom stereocenters. The highest BCUT2D eigenvalue weighted by atomic mass is 16.5. The lowest BCUT2D eigenvalue weighted by atomic mass is 10.0. The van der Waals surface area contributed by atoms with Crippen LogP contribution < -0.4 is 19.5 Å². The fraction of sp³-hybridized carbons (Fsp3) is 0.304. The lowest BCUT2D eigenvalue weighted by Gasteiger charge is -2.27. The molecule has 0 saturated carbocycles.